The topological polar surface area (TPSA) is 96.8 Å². The summed E-state index contributed by atoms with van der Waals surface area (Å²) >= 11 is 1.66. The number of hydrogen-bond donors (Lipinski definition) is 1. The zero-order valence-electron chi connectivity index (χ0n) is 23.9. The number of aliphatic imine (C=N–C) groups is 1. The summed E-state index contributed by atoms with van der Waals surface area (Å²) in [5.74, 6) is -0.340. The van der Waals surface area contributed by atoms with E-state index in [2.05, 4.69) is 17.6 Å². The summed E-state index contributed by atoms with van der Waals surface area (Å²) in [4.78, 5) is 50.0. The minimum Gasteiger partial charge on any atom is -0.508 e. The number of nitrogens with zero attached hydrogens (tertiary/aromatic N) is 5. The lowest BCUT2D eigenvalue weighted by molar-refractivity contribution is -0.204. The van der Waals surface area contributed by atoms with Gasteiger partial charge in [0.05, 0.1) is 29.9 Å². The highest BCUT2D eigenvalue weighted by Gasteiger charge is 2.51. The Balaban J connectivity index is 1.33. The van der Waals surface area contributed by atoms with Crippen LogP contribution in [0.25, 0.3) is 0 Å². The molecule has 0 radical (unpaired) electrons. The predicted octanol–water partition coefficient (Wildman–Crippen LogP) is 3.19. The van der Waals surface area contributed by atoms with Crippen molar-refractivity contribution in [3.05, 3.63) is 102 Å². The van der Waals surface area contributed by atoms with Gasteiger partial charge < -0.3 is 14.9 Å². The average Bonchev–Trinajstić information content (AvgIpc) is 3.50. The van der Waals surface area contributed by atoms with Crippen LogP contribution in [0.3, 0.4) is 0 Å². The summed E-state index contributed by atoms with van der Waals surface area (Å²) in [6, 6.07) is 15.7. The maximum Gasteiger partial charge on any atom is 0.246 e. The van der Waals surface area contributed by atoms with Crippen LogP contribution in [0.5, 0.6) is 5.75 Å². The van der Waals surface area contributed by atoms with E-state index in [4.69, 9.17) is 0 Å². The number of thioether (sulfide) groups is 1. The molecule has 222 valence electrons. The molecule has 4 aliphatic rings. The number of aromatic hydroxyl groups is 1. The summed E-state index contributed by atoms with van der Waals surface area (Å²) in [6.07, 6.45) is 8.29. The molecule has 0 saturated carbocycles. The van der Waals surface area contributed by atoms with Crippen LogP contribution in [-0.4, -0.2) is 97.9 Å². The van der Waals surface area contributed by atoms with Crippen LogP contribution in [0.15, 0.2) is 96.0 Å². The van der Waals surface area contributed by atoms with E-state index in [0.717, 1.165) is 16.7 Å². The van der Waals surface area contributed by atoms with Crippen molar-refractivity contribution < 1.29 is 19.5 Å². The summed E-state index contributed by atoms with van der Waals surface area (Å²) in [6.45, 7) is 4.72. The highest BCUT2D eigenvalue weighted by molar-refractivity contribution is 8.13. The minimum atomic E-state index is -0.803. The second-order valence-electron chi connectivity index (χ2n) is 11.2. The van der Waals surface area contributed by atoms with Gasteiger partial charge in [-0.15, -0.1) is 18.3 Å². The second kappa shape index (κ2) is 12.6. The third-order valence-electron chi connectivity index (χ3n) is 8.38. The number of carbonyl (C=O) groups is 3. The Bertz CT molecular complexity index is 1470. The van der Waals surface area contributed by atoms with Gasteiger partial charge >= 0.3 is 0 Å². The van der Waals surface area contributed by atoms with Gasteiger partial charge in [0.15, 0.2) is 0 Å². The lowest BCUT2D eigenvalue weighted by atomic mass is 9.95. The van der Waals surface area contributed by atoms with Crippen molar-refractivity contribution in [2.24, 2.45) is 4.99 Å². The molecule has 4 unspecified atom stereocenters. The van der Waals surface area contributed by atoms with Crippen molar-refractivity contribution in [1.29, 1.82) is 0 Å². The van der Waals surface area contributed by atoms with Crippen LogP contribution in [0, 0.1) is 0 Å². The van der Waals surface area contributed by atoms with Gasteiger partial charge in [-0.25, -0.2) is 10.0 Å². The van der Waals surface area contributed by atoms with Crippen molar-refractivity contribution in [2.75, 3.05) is 26.2 Å². The Labute approximate surface area is 255 Å². The van der Waals surface area contributed by atoms with E-state index in [9.17, 15) is 19.5 Å². The van der Waals surface area contributed by atoms with Gasteiger partial charge in [-0.2, -0.15) is 0 Å². The van der Waals surface area contributed by atoms with Gasteiger partial charge in [0, 0.05) is 25.9 Å². The molecule has 1 N–H and O–H groups in total. The lowest BCUT2D eigenvalue weighted by Crippen LogP contribution is -2.76. The van der Waals surface area contributed by atoms with E-state index in [1.54, 1.807) is 61.9 Å². The number of fused-ring (bicyclic) bond motifs is 2. The molecule has 0 bridgehead atoms. The van der Waals surface area contributed by atoms with Crippen LogP contribution in [0.1, 0.15) is 17.5 Å². The van der Waals surface area contributed by atoms with Crippen LogP contribution in [0.4, 0.5) is 0 Å². The molecular formula is C33H35N5O4S. The third-order valence-corrected chi connectivity index (χ3v) is 9.35. The number of allylic oxidation sites excluding steroid dienone is 2. The Kier molecular flexibility index (Phi) is 8.49. The zero-order chi connectivity index (χ0) is 29.9. The molecule has 2 fully saturated rings. The number of phenolic OH excluding ortho intramolecular Hbond substituents is 1. The van der Waals surface area contributed by atoms with Crippen molar-refractivity contribution in [2.45, 2.75) is 42.8 Å². The first-order chi connectivity index (χ1) is 20.9. The SMILES string of the molecule is C=CCN1CC(=O)N2C(Cc3ccc(O)cc3)C(=O)N(CC3=CC=CC4SC=NC34)CC2N1C(=O)CCc1ccccc1. The molecule has 3 heterocycles. The van der Waals surface area contributed by atoms with E-state index in [1.165, 1.54) is 0 Å². The highest BCUT2D eigenvalue weighted by atomic mass is 32.2. The van der Waals surface area contributed by atoms with Gasteiger partial charge in [0.2, 0.25) is 17.7 Å². The first kappa shape index (κ1) is 28.9. The fourth-order valence-electron chi connectivity index (χ4n) is 6.31. The number of piperazine rings is 1. The molecular weight excluding hydrogens is 562 g/mol. The fourth-order valence-corrected chi connectivity index (χ4v) is 7.23. The van der Waals surface area contributed by atoms with Crippen LogP contribution < -0.4 is 0 Å². The Morgan fingerprint density at radius 3 is 2.65 bits per heavy atom. The molecule has 2 saturated heterocycles. The van der Waals surface area contributed by atoms with Crippen molar-refractivity contribution in [1.82, 2.24) is 19.8 Å². The third kappa shape index (κ3) is 6.03. The van der Waals surface area contributed by atoms with E-state index in [1.807, 2.05) is 48.0 Å². The molecule has 3 aliphatic heterocycles. The molecule has 2 aromatic rings. The number of benzene rings is 2. The number of rotatable bonds is 9. The average molecular weight is 598 g/mol. The van der Waals surface area contributed by atoms with Gasteiger partial charge in [0.1, 0.15) is 18.0 Å². The Hall–Kier alpha value is -4.15. The molecule has 3 amide bonds. The molecule has 10 heteroatoms. The summed E-state index contributed by atoms with van der Waals surface area (Å²) in [7, 11) is 0. The number of hydrogen-bond acceptors (Lipinski definition) is 7. The molecule has 43 heavy (non-hydrogen) atoms. The smallest absolute Gasteiger partial charge is 0.246 e. The molecule has 4 atom stereocenters. The number of amides is 3. The minimum absolute atomic E-state index is 0.0232. The maximum absolute atomic E-state index is 14.2. The van der Waals surface area contributed by atoms with Gasteiger partial charge in [-0.3, -0.25) is 19.4 Å². The predicted molar refractivity (Wildman–Crippen MR) is 167 cm³/mol. The summed E-state index contributed by atoms with van der Waals surface area (Å²) in [5, 5.41) is 13.5. The van der Waals surface area contributed by atoms with Crippen molar-refractivity contribution in [3.63, 3.8) is 0 Å². The Morgan fingerprint density at radius 1 is 1.09 bits per heavy atom. The van der Waals surface area contributed by atoms with E-state index in [0.29, 0.717) is 19.5 Å². The van der Waals surface area contributed by atoms with Crippen LogP contribution >= 0.6 is 11.8 Å². The van der Waals surface area contributed by atoms with Crippen LogP contribution in [-0.2, 0) is 27.2 Å². The monoisotopic (exact) mass is 597 g/mol. The Morgan fingerprint density at radius 2 is 1.88 bits per heavy atom. The molecule has 1 aliphatic carbocycles. The number of aryl methyl sites for hydroxylation is 1. The van der Waals surface area contributed by atoms with E-state index in [-0.39, 0.29) is 60.7 Å². The summed E-state index contributed by atoms with van der Waals surface area (Å²) < 4.78 is 0. The van der Waals surface area contributed by atoms with E-state index >= 15 is 0 Å². The molecule has 9 nitrogen and oxygen atoms in total. The summed E-state index contributed by atoms with van der Waals surface area (Å²) in [5.41, 5.74) is 4.78. The van der Waals surface area contributed by atoms with Gasteiger partial charge in [-0.1, -0.05) is 66.8 Å². The van der Waals surface area contributed by atoms with E-state index < -0.39 is 12.2 Å². The molecule has 0 spiro atoms. The van der Waals surface area contributed by atoms with Crippen molar-refractivity contribution >= 4 is 35.0 Å². The standard InChI is InChI=1S/C33H35N5O4S/c1-2-17-36-21-31(41)37-27(18-24-11-14-26(39)15-12-24)33(42)35(19-25-9-6-10-28-32(25)34-22-43-28)20-29(37)38(36)30(40)16-13-23-7-4-3-5-8-23/h2-12,14-15,22,27-29,32,39H,1,13,16-21H2. The fraction of sp³-hybridized carbons (Fsp3) is 0.333. The van der Waals surface area contributed by atoms with Crippen LogP contribution in [0.2, 0.25) is 0 Å². The zero-order valence-corrected chi connectivity index (χ0v) is 24.7. The first-order valence-electron chi connectivity index (χ1n) is 14.6. The second-order valence-corrected chi connectivity index (χ2v) is 12.2. The molecule has 6 rings (SSSR count). The van der Waals surface area contributed by atoms with Crippen molar-refractivity contribution in [3.8, 4) is 5.75 Å². The molecule has 0 aromatic heterocycles. The lowest BCUT2D eigenvalue weighted by Gasteiger charge is -2.55. The van der Waals surface area contributed by atoms with Gasteiger partial charge in [-0.05, 0) is 35.3 Å². The van der Waals surface area contributed by atoms with Gasteiger partial charge in [0.25, 0.3) is 0 Å². The number of hydrazine groups is 1. The molecule has 2 aromatic carbocycles. The largest absolute Gasteiger partial charge is 0.508 e. The maximum atomic E-state index is 14.2. The normalized spacial score (nSPS) is 25.0. The highest BCUT2D eigenvalue weighted by Crippen LogP contribution is 2.34. The number of carbonyl (C=O) groups excluding carboxylic acids is 3. The first-order valence-corrected chi connectivity index (χ1v) is 15.5. The quantitative estimate of drug-likeness (QED) is 0.446. The number of phenols is 1.